The molecule has 2 aromatic rings. The average Bonchev–Trinajstić information content (AvgIpc) is 2.74. The van der Waals surface area contributed by atoms with E-state index >= 15 is 0 Å². The largest absolute Gasteiger partial charge is 0.332 e. The maximum atomic E-state index is 12.7. The van der Waals surface area contributed by atoms with Gasteiger partial charge in [0.1, 0.15) is 6.04 Å². The second-order valence-electron chi connectivity index (χ2n) is 5.36. The summed E-state index contributed by atoms with van der Waals surface area (Å²) < 4.78 is 0. The molecule has 1 heterocycles. The maximum absolute atomic E-state index is 12.7. The highest BCUT2D eigenvalue weighted by Gasteiger charge is 2.43. The highest BCUT2D eigenvalue weighted by atomic mass is 35.5. The van der Waals surface area contributed by atoms with E-state index in [2.05, 4.69) is 0 Å². The number of rotatable bonds is 3. The minimum absolute atomic E-state index is 0.222. The van der Waals surface area contributed by atoms with E-state index in [1.807, 2.05) is 0 Å². The summed E-state index contributed by atoms with van der Waals surface area (Å²) in [5.41, 5.74) is 1.50. The number of imide groups is 1. The van der Waals surface area contributed by atoms with Crippen LogP contribution in [0, 0.1) is 0 Å². The molecule has 0 saturated carbocycles. The molecule has 0 aromatic heterocycles. The number of nitrogens with zero attached hydrogens (tertiary/aromatic N) is 2. The standard InChI is InChI=1S/C17H14Cl2N2O2/c1-11-16(22)20(10-12-2-4-13(18)5-3-12)17(23)21(11)15-8-6-14(19)7-9-15/h2-9,11H,10H2,1H3/t11-/m0/s1. The Hall–Kier alpha value is -2.04. The number of amides is 3. The Morgan fingerprint density at radius 1 is 0.913 bits per heavy atom. The lowest BCUT2D eigenvalue weighted by atomic mass is 10.2. The maximum Gasteiger partial charge on any atom is 0.332 e. The van der Waals surface area contributed by atoms with Gasteiger partial charge in [-0.25, -0.2) is 4.79 Å². The molecule has 1 atom stereocenters. The molecule has 3 rings (SSSR count). The Bertz CT molecular complexity index is 744. The zero-order valence-electron chi connectivity index (χ0n) is 12.4. The van der Waals surface area contributed by atoms with E-state index in [-0.39, 0.29) is 18.5 Å². The van der Waals surface area contributed by atoms with Gasteiger partial charge in [0, 0.05) is 15.7 Å². The molecule has 0 bridgehead atoms. The fourth-order valence-electron chi connectivity index (χ4n) is 2.58. The van der Waals surface area contributed by atoms with Crippen LogP contribution in [0.15, 0.2) is 48.5 Å². The first-order valence-corrected chi connectivity index (χ1v) is 7.87. The molecule has 2 aromatic carbocycles. The Kier molecular flexibility index (Phi) is 4.28. The quantitative estimate of drug-likeness (QED) is 0.773. The summed E-state index contributed by atoms with van der Waals surface area (Å²) in [4.78, 5) is 27.8. The lowest BCUT2D eigenvalue weighted by molar-refractivity contribution is -0.127. The van der Waals surface area contributed by atoms with Gasteiger partial charge in [0.2, 0.25) is 0 Å². The third kappa shape index (κ3) is 3.05. The molecule has 6 heteroatoms. The molecule has 1 aliphatic heterocycles. The number of hydrogen-bond donors (Lipinski definition) is 0. The van der Waals surface area contributed by atoms with Crippen LogP contribution in [0.2, 0.25) is 10.0 Å². The van der Waals surface area contributed by atoms with Crippen LogP contribution in [0.1, 0.15) is 12.5 Å². The molecule has 0 N–H and O–H groups in total. The van der Waals surface area contributed by atoms with E-state index in [9.17, 15) is 9.59 Å². The van der Waals surface area contributed by atoms with Gasteiger partial charge in [-0.15, -0.1) is 0 Å². The highest BCUT2D eigenvalue weighted by Crippen LogP contribution is 2.28. The lowest BCUT2D eigenvalue weighted by Gasteiger charge is -2.19. The van der Waals surface area contributed by atoms with Gasteiger partial charge in [-0.3, -0.25) is 14.6 Å². The first kappa shape index (κ1) is 15.8. The van der Waals surface area contributed by atoms with E-state index in [0.29, 0.717) is 15.7 Å². The van der Waals surface area contributed by atoms with Crippen LogP contribution in [-0.2, 0) is 11.3 Å². The van der Waals surface area contributed by atoms with Crippen molar-refractivity contribution in [2.45, 2.75) is 19.5 Å². The highest BCUT2D eigenvalue weighted by molar-refractivity contribution is 6.31. The summed E-state index contributed by atoms with van der Waals surface area (Å²) in [6.07, 6.45) is 0. The van der Waals surface area contributed by atoms with Crippen molar-refractivity contribution in [3.8, 4) is 0 Å². The van der Waals surface area contributed by atoms with Crippen molar-refractivity contribution in [3.63, 3.8) is 0 Å². The van der Waals surface area contributed by atoms with E-state index < -0.39 is 6.04 Å². The van der Waals surface area contributed by atoms with Crippen LogP contribution < -0.4 is 4.90 Å². The van der Waals surface area contributed by atoms with Gasteiger partial charge >= 0.3 is 6.03 Å². The zero-order chi connectivity index (χ0) is 16.6. The van der Waals surface area contributed by atoms with Crippen molar-refractivity contribution < 1.29 is 9.59 Å². The lowest BCUT2D eigenvalue weighted by Crippen LogP contribution is -2.33. The van der Waals surface area contributed by atoms with Gasteiger partial charge in [-0.2, -0.15) is 0 Å². The second-order valence-corrected chi connectivity index (χ2v) is 6.23. The molecular weight excluding hydrogens is 335 g/mol. The SMILES string of the molecule is C[C@H]1C(=O)N(Cc2ccc(Cl)cc2)C(=O)N1c1ccc(Cl)cc1. The number of benzene rings is 2. The molecule has 0 spiro atoms. The fraction of sp³-hybridized carbons (Fsp3) is 0.176. The Morgan fingerprint density at radius 2 is 1.43 bits per heavy atom. The van der Waals surface area contributed by atoms with Gasteiger partial charge in [-0.1, -0.05) is 35.3 Å². The number of urea groups is 1. The molecule has 0 radical (unpaired) electrons. The van der Waals surface area contributed by atoms with E-state index in [1.54, 1.807) is 55.5 Å². The number of halogens is 2. The van der Waals surface area contributed by atoms with Crippen molar-refractivity contribution in [1.29, 1.82) is 0 Å². The first-order valence-electron chi connectivity index (χ1n) is 7.12. The predicted octanol–water partition coefficient (Wildman–Crippen LogP) is 4.35. The molecule has 23 heavy (non-hydrogen) atoms. The normalized spacial score (nSPS) is 18.0. The summed E-state index contributed by atoms with van der Waals surface area (Å²) in [5.74, 6) is -0.222. The fourth-order valence-corrected chi connectivity index (χ4v) is 2.83. The first-order chi connectivity index (χ1) is 11.0. The summed E-state index contributed by atoms with van der Waals surface area (Å²) in [5, 5.41) is 1.20. The van der Waals surface area contributed by atoms with Gasteiger partial charge in [-0.05, 0) is 48.9 Å². The third-order valence-corrected chi connectivity index (χ3v) is 4.31. The van der Waals surface area contributed by atoms with Crippen LogP contribution in [0.4, 0.5) is 10.5 Å². The number of hydrogen-bond acceptors (Lipinski definition) is 2. The Labute approximate surface area is 144 Å². The summed E-state index contributed by atoms with van der Waals surface area (Å²) >= 11 is 11.7. The minimum atomic E-state index is -0.545. The Balaban J connectivity index is 1.85. The molecule has 0 aliphatic carbocycles. The molecule has 3 amide bonds. The number of carbonyl (C=O) groups excluding carboxylic acids is 2. The van der Waals surface area contributed by atoms with Crippen LogP contribution >= 0.6 is 23.2 Å². The number of anilines is 1. The molecule has 118 valence electrons. The second kappa shape index (κ2) is 6.22. The van der Waals surface area contributed by atoms with Crippen molar-refractivity contribution in [2.24, 2.45) is 0 Å². The molecule has 0 unspecified atom stereocenters. The zero-order valence-corrected chi connectivity index (χ0v) is 13.9. The monoisotopic (exact) mass is 348 g/mol. The van der Waals surface area contributed by atoms with Gasteiger partial charge in [0.15, 0.2) is 0 Å². The molecule has 1 aliphatic rings. The summed E-state index contributed by atoms with van der Waals surface area (Å²) in [6.45, 7) is 1.94. The molecule has 1 fully saturated rings. The van der Waals surface area contributed by atoms with Crippen molar-refractivity contribution in [2.75, 3.05) is 4.90 Å². The number of carbonyl (C=O) groups is 2. The van der Waals surface area contributed by atoms with Gasteiger partial charge in [0.05, 0.1) is 6.54 Å². The molecular formula is C17H14Cl2N2O2. The average molecular weight is 349 g/mol. The van der Waals surface area contributed by atoms with E-state index in [1.165, 1.54) is 9.80 Å². The van der Waals surface area contributed by atoms with Gasteiger partial charge in [0.25, 0.3) is 5.91 Å². The van der Waals surface area contributed by atoms with Crippen molar-refractivity contribution >= 4 is 40.8 Å². The molecule has 1 saturated heterocycles. The van der Waals surface area contributed by atoms with E-state index in [4.69, 9.17) is 23.2 Å². The smallest absolute Gasteiger partial charge is 0.282 e. The Morgan fingerprint density at radius 3 is 2.00 bits per heavy atom. The van der Waals surface area contributed by atoms with Crippen molar-refractivity contribution in [1.82, 2.24) is 4.90 Å². The third-order valence-electron chi connectivity index (χ3n) is 3.81. The minimum Gasteiger partial charge on any atom is -0.282 e. The van der Waals surface area contributed by atoms with E-state index in [0.717, 1.165) is 5.56 Å². The predicted molar refractivity (Wildman–Crippen MR) is 90.8 cm³/mol. The van der Waals surface area contributed by atoms with Gasteiger partial charge < -0.3 is 0 Å². The topological polar surface area (TPSA) is 40.6 Å². The molecule has 4 nitrogen and oxygen atoms in total. The van der Waals surface area contributed by atoms with Crippen LogP contribution in [-0.4, -0.2) is 22.9 Å². The van der Waals surface area contributed by atoms with Crippen molar-refractivity contribution in [3.05, 3.63) is 64.1 Å². The summed E-state index contributed by atoms with van der Waals surface area (Å²) in [6, 6.07) is 13.1. The summed E-state index contributed by atoms with van der Waals surface area (Å²) in [7, 11) is 0. The van der Waals surface area contributed by atoms with Crippen LogP contribution in [0.25, 0.3) is 0 Å². The van der Waals surface area contributed by atoms with Crippen LogP contribution in [0.3, 0.4) is 0 Å². The van der Waals surface area contributed by atoms with Crippen LogP contribution in [0.5, 0.6) is 0 Å².